The Morgan fingerprint density at radius 2 is 1.94 bits per heavy atom. The first-order chi connectivity index (χ1) is 16.4. The van der Waals surface area contributed by atoms with Crippen LogP contribution in [0.1, 0.15) is 28.9 Å². The van der Waals surface area contributed by atoms with Crippen LogP contribution < -0.4 is 16.0 Å². The van der Waals surface area contributed by atoms with E-state index in [1.165, 1.54) is 6.20 Å². The lowest BCUT2D eigenvalue weighted by atomic mass is 10.1. The number of carbonyl (C=O) groups excluding carboxylic acids is 1. The van der Waals surface area contributed by atoms with E-state index in [0.717, 1.165) is 25.6 Å². The average molecular weight is 474 g/mol. The largest absolute Gasteiger partial charge is 0.419 e. The van der Waals surface area contributed by atoms with E-state index < -0.39 is 11.7 Å². The number of amides is 1. The van der Waals surface area contributed by atoms with Gasteiger partial charge in [-0.15, -0.1) is 0 Å². The molecule has 9 nitrogen and oxygen atoms in total. The van der Waals surface area contributed by atoms with Crippen LogP contribution in [-0.4, -0.2) is 76.1 Å². The van der Waals surface area contributed by atoms with Crippen LogP contribution >= 0.6 is 0 Å². The van der Waals surface area contributed by atoms with Crippen LogP contribution in [0.15, 0.2) is 24.5 Å². The molecular formula is C22H25F3N8O. The van der Waals surface area contributed by atoms with Crippen LogP contribution in [0.4, 0.5) is 19.1 Å². The average Bonchev–Trinajstić information content (AvgIpc) is 3.27. The van der Waals surface area contributed by atoms with E-state index in [0.29, 0.717) is 43.8 Å². The Morgan fingerprint density at radius 1 is 1.12 bits per heavy atom. The van der Waals surface area contributed by atoms with Crippen molar-refractivity contribution in [2.75, 3.05) is 44.6 Å². The van der Waals surface area contributed by atoms with Gasteiger partial charge in [0.05, 0.1) is 5.69 Å². The summed E-state index contributed by atoms with van der Waals surface area (Å²) < 4.78 is 41.4. The minimum Gasteiger partial charge on any atom is -0.350 e. The number of fused-ring (bicyclic) bond motifs is 1. The van der Waals surface area contributed by atoms with Crippen molar-refractivity contribution in [3.63, 3.8) is 0 Å². The summed E-state index contributed by atoms with van der Waals surface area (Å²) in [7, 11) is 0. The summed E-state index contributed by atoms with van der Waals surface area (Å²) in [4.78, 5) is 30.0. The number of nitrogens with zero attached hydrogens (tertiary/aromatic N) is 4. The number of hydrogen-bond acceptors (Lipinski definition) is 7. The second kappa shape index (κ2) is 9.18. The SMILES string of the molecule is O=C(c1ccc2c(-c3nc(NC4CCCNC4)ncc3C(F)(F)F)c[nH]c2n1)N1CCNCC1. The smallest absolute Gasteiger partial charge is 0.350 e. The first-order valence-electron chi connectivity index (χ1n) is 11.3. The van der Waals surface area contributed by atoms with Crippen LogP contribution in [0.25, 0.3) is 22.3 Å². The second-order valence-corrected chi connectivity index (χ2v) is 8.48. The van der Waals surface area contributed by atoms with Crippen LogP contribution in [0, 0.1) is 0 Å². The fourth-order valence-electron chi connectivity index (χ4n) is 4.37. The van der Waals surface area contributed by atoms with Gasteiger partial charge in [-0.3, -0.25) is 4.79 Å². The van der Waals surface area contributed by atoms with Gasteiger partial charge < -0.3 is 25.8 Å². The molecule has 0 spiro atoms. The number of aromatic amines is 1. The molecule has 1 atom stereocenters. The molecule has 2 aliphatic rings. The summed E-state index contributed by atoms with van der Waals surface area (Å²) >= 11 is 0. The highest BCUT2D eigenvalue weighted by Gasteiger charge is 2.36. The van der Waals surface area contributed by atoms with Crippen LogP contribution in [0.5, 0.6) is 0 Å². The molecule has 3 aromatic rings. The van der Waals surface area contributed by atoms with E-state index in [-0.39, 0.29) is 34.8 Å². The Hall–Kier alpha value is -3.25. The number of alkyl halides is 3. The molecule has 0 saturated carbocycles. The second-order valence-electron chi connectivity index (χ2n) is 8.48. The minimum atomic E-state index is -4.63. The lowest BCUT2D eigenvalue weighted by Crippen LogP contribution is -2.46. The van der Waals surface area contributed by atoms with Crippen molar-refractivity contribution in [3.05, 3.63) is 35.8 Å². The lowest BCUT2D eigenvalue weighted by Gasteiger charge is -2.27. The highest BCUT2D eigenvalue weighted by Crippen LogP contribution is 2.38. The topological polar surface area (TPSA) is 111 Å². The molecule has 180 valence electrons. The number of hydrogen-bond donors (Lipinski definition) is 4. The van der Waals surface area contributed by atoms with Gasteiger partial charge in [0, 0.05) is 62.1 Å². The predicted molar refractivity (Wildman–Crippen MR) is 120 cm³/mol. The van der Waals surface area contributed by atoms with E-state index in [1.54, 1.807) is 17.0 Å². The molecular weight excluding hydrogens is 449 g/mol. The molecule has 0 radical (unpaired) electrons. The molecule has 1 amide bonds. The van der Waals surface area contributed by atoms with Gasteiger partial charge in [0.25, 0.3) is 5.91 Å². The maximum absolute atomic E-state index is 13.8. The number of aromatic nitrogens is 4. The Bertz CT molecular complexity index is 1180. The summed E-state index contributed by atoms with van der Waals surface area (Å²) in [5.74, 6) is -0.0605. The zero-order valence-electron chi connectivity index (χ0n) is 18.4. The zero-order valence-corrected chi connectivity index (χ0v) is 18.4. The molecule has 1 unspecified atom stereocenters. The third kappa shape index (κ3) is 4.55. The molecule has 2 aliphatic heterocycles. The molecule has 4 N–H and O–H groups in total. The Labute approximate surface area is 193 Å². The number of carbonyl (C=O) groups is 1. The summed E-state index contributed by atoms with van der Waals surface area (Å²) in [5.41, 5.74) is -0.338. The third-order valence-corrected chi connectivity index (χ3v) is 6.14. The Kier molecular flexibility index (Phi) is 6.09. The highest BCUT2D eigenvalue weighted by molar-refractivity contribution is 5.98. The number of rotatable bonds is 4. The maximum atomic E-state index is 13.8. The molecule has 34 heavy (non-hydrogen) atoms. The number of piperidine rings is 1. The molecule has 0 bridgehead atoms. The minimum absolute atomic E-state index is 0.0431. The zero-order chi connectivity index (χ0) is 23.7. The van der Waals surface area contributed by atoms with Crippen molar-refractivity contribution in [2.45, 2.75) is 25.1 Å². The molecule has 0 aliphatic carbocycles. The van der Waals surface area contributed by atoms with Gasteiger partial charge in [0.2, 0.25) is 5.95 Å². The van der Waals surface area contributed by atoms with Crippen molar-refractivity contribution >= 4 is 22.9 Å². The van der Waals surface area contributed by atoms with E-state index in [2.05, 4.69) is 35.9 Å². The van der Waals surface area contributed by atoms with Crippen LogP contribution in [0.2, 0.25) is 0 Å². The standard InChI is InChI=1S/C22H25F3N8O/c23-22(24,25)16-12-29-21(30-13-2-1-5-27-10-13)32-18(16)15-11-28-19-14(15)3-4-17(31-19)20(34)33-8-6-26-7-9-33/h3-4,11-13,26-27H,1-2,5-10H2,(H,28,31)(H,29,30,32). The monoisotopic (exact) mass is 474 g/mol. The van der Waals surface area contributed by atoms with Gasteiger partial charge in [-0.25, -0.2) is 15.0 Å². The third-order valence-electron chi connectivity index (χ3n) is 6.14. The molecule has 12 heteroatoms. The van der Waals surface area contributed by atoms with Crippen molar-refractivity contribution in [2.24, 2.45) is 0 Å². The van der Waals surface area contributed by atoms with Gasteiger partial charge in [0.15, 0.2) is 0 Å². The van der Waals surface area contributed by atoms with Gasteiger partial charge in [0.1, 0.15) is 16.9 Å². The Balaban J connectivity index is 1.49. The number of halogens is 3. The van der Waals surface area contributed by atoms with Crippen molar-refractivity contribution in [3.8, 4) is 11.3 Å². The van der Waals surface area contributed by atoms with Crippen LogP contribution in [-0.2, 0) is 6.18 Å². The number of anilines is 1. The maximum Gasteiger partial charge on any atom is 0.419 e. The molecule has 3 aromatic heterocycles. The normalized spacial score (nSPS) is 19.4. The molecule has 5 heterocycles. The fourth-order valence-corrected chi connectivity index (χ4v) is 4.37. The lowest BCUT2D eigenvalue weighted by molar-refractivity contribution is -0.137. The van der Waals surface area contributed by atoms with Crippen molar-refractivity contribution in [1.29, 1.82) is 0 Å². The summed E-state index contributed by atoms with van der Waals surface area (Å²) in [5, 5.41) is 10.0. The number of pyridine rings is 1. The quantitative estimate of drug-likeness (QED) is 0.459. The first-order valence-corrected chi connectivity index (χ1v) is 11.3. The van der Waals surface area contributed by atoms with Crippen molar-refractivity contribution < 1.29 is 18.0 Å². The molecule has 2 saturated heterocycles. The van der Waals surface area contributed by atoms with E-state index >= 15 is 0 Å². The first kappa shape index (κ1) is 22.5. The number of piperazine rings is 1. The predicted octanol–water partition coefficient (Wildman–Crippen LogP) is 2.25. The summed E-state index contributed by atoms with van der Waals surface area (Å²) in [6, 6.07) is 3.21. The molecule has 0 aromatic carbocycles. The van der Waals surface area contributed by atoms with E-state index in [9.17, 15) is 18.0 Å². The highest BCUT2D eigenvalue weighted by atomic mass is 19.4. The van der Waals surface area contributed by atoms with Crippen molar-refractivity contribution in [1.82, 2.24) is 35.5 Å². The Morgan fingerprint density at radius 3 is 2.68 bits per heavy atom. The van der Waals surface area contributed by atoms with Crippen LogP contribution in [0.3, 0.4) is 0 Å². The molecule has 5 rings (SSSR count). The summed E-state index contributed by atoms with van der Waals surface area (Å²) in [6.45, 7) is 4.19. The van der Waals surface area contributed by atoms with Gasteiger partial charge in [-0.2, -0.15) is 13.2 Å². The fraction of sp³-hybridized carbons (Fsp3) is 0.455. The number of H-pyrrole nitrogens is 1. The van der Waals surface area contributed by atoms with Gasteiger partial charge in [-0.05, 0) is 31.5 Å². The van der Waals surface area contributed by atoms with Gasteiger partial charge in [-0.1, -0.05) is 0 Å². The van der Waals surface area contributed by atoms with Gasteiger partial charge >= 0.3 is 6.18 Å². The van der Waals surface area contributed by atoms with E-state index in [4.69, 9.17) is 0 Å². The molecule has 2 fully saturated rings. The van der Waals surface area contributed by atoms with E-state index in [1.807, 2.05) is 0 Å². The number of nitrogens with one attached hydrogen (secondary N) is 4. The summed E-state index contributed by atoms with van der Waals surface area (Å²) in [6.07, 6.45) is -0.521.